The van der Waals surface area contributed by atoms with Gasteiger partial charge < -0.3 is 4.90 Å². The molecule has 19 heavy (non-hydrogen) atoms. The third-order valence-corrected chi connectivity index (χ3v) is 4.79. The first-order valence-electron chi connectivity index (χ1n) is 6.88. The predicted octanol–water partition coefficient (Wildman–Crippen LogP) is 2.94. The number of likely N-dealkylation sites (N-methyl/N-ethyl adjacent to an activating group) is 1. The summed E-state index contributed by atoms with van der Waals surface area (Å²) in [5, 5.41) is 0. The molecule has 0 bridgehead atoms. The molecule has 0 saturated heterocycles. The molecule has 0 aromatic heterocycles. The van der Waals surface area contributed by atoms with E-state index in [2.05, 4.69) is 72.4 Å². The van der Waals surface area contributed by atoms with Crippen molar-refractivity contribution in [2.24, 2.45) is 5.84 Å². The minimum absolute atomic E-state index is 0.0804. The average molecular weight is 328 g/mol. The average Bonchev–Trinajstić information content (AvgIpc) is 2.39. The molecule has 1 rings (SSSR count). The summed E-state index contributed by atoms with van der Waals surface area (Å²) in [7, 11) is 4.27. The number of rotatable bonds is 7. The van der Waals surface area contributed by atoms with Gasteiger partial charge in [0.1, 0.15) is 0 Å². The molecule has 1 aromatic carbocycles. The topological polar surface area (TPSA) is 41.3 Å². The van der Waals surface area contributed by atoms with E-state index in [9.17, 15) is 0 Å². The second kappa shape index (κ2) is 7.39. The smallest absolute Gasteiger partial charge is 0.0434 e. The molecule has 3 N–H and O–H groups in total. The van der Waals surface area contributed by atoms with Crippen molar-refractivity contribution in [3.8, 4) is 0 Å². The summed E-state index contributed by atoms with van der Waals surface area (Å²) in [6, 6.07) is 8.67. The van der Waals surface area contributed by atoms with Crippen molar-refractivity contribution in [1.82, 2.24) is 10.3 Å². The van der Waals surface area contributed by atoms with Crippen LogP contribution < -0.4 is 11.3 Å². The van der Waals surface area contributed by atoms with E-state index >= 15 is 0 Å². The van der Waals surface area contributed by atoms with Crippen LogP contribution in [0.2, 0.25) is 0 Å². The lowest BCUT2D eigenvalue weighted by Crippen LogP contribution is -2.61. The van der Waals surface area contributed by atoms with E-state index in [0.717, 1.165) is 23.7 Å². The Labute approximate surface area is 125 Å². The minimum Gasteiger partial charge on any atom is -0.302 e. The third-order valence-electron chi connectivity index (χ3n) is 4.29. The van der Waals surface area contributed by atoms with Crippen LogP contribution in [0.1, 0.15) is 32.3 Å². The summed E-state index contributed by atoms with van der Waals surface area (Å²) < 4.78 is 1.12. The molecule has 0 aliphatic carbocycles. The van der Waals surface area contributed by atoms with Crippen molar-refractivity contribution in [1.29, 1.82) is 0 Å². The summed E-state index contributed by atoms with van der Waals surface area (Å²) in [4.78, 5) is 2.30. The van der Waals surface area contributed by atoms with Crippen LogP contribution in [0.4, 0.5) is 0 Å². The van der Waals surface area contributed by atoms with Gasteiger partial charge >= 0.3 is 0 Å². The highest BCUT2D eigenvalue weighted by molar-refractivity contribution is 9.10. The lowest BCUT2D eigenvalue weighted by atomic mass is 9.80. The molecule has 0 amide bonds. The van der Waals surface area contributed by atoms with Gasteiger partial charge in [0.15, 0.2) is 0 Å². The highest BCUT2D eigenvalue weighted by atomic mass is 79.9. The van der Waals surface area contributed by atoms with Crippen LogP contribution in [0, 0.1) is 0 Å². The fraction of sp³-hybridized carbons (Fsp3) is 0.600. The second-order valence-electron chi connectivity index (χ2n) is 5.26. The maximum Gasteiger partial charge on any atom is 0.0434 e. The van der Waals surface area contributed by atoms with Crippen molar-refractivity contribution in [2.75, 3.05) is 14.1 Å². The Kier molecular flexibility index (Phi) is 6.47. The summed E-state index contributed by atoms with van der Waals surface area (Å²) in [5.41, 5.74) is 4.41. The van der Waals surface area contributed by atoms with Crippen LogP contribution >= 0.6 is 15.9 Å². The zero-order valence-corrected chi connectivity index (χ0v) is 14.0. The van der Waals surface area contributed by atoms with E-state index in [0.29, 0.717) is 0 Å². The quantitative estimate of drug-likeness (QED) is 0.597. The molecule has 4 heteroatoms. The fourth-order valence-electron chi connectivity index (χ4n) is 2.99. The van der Waals surface area contributed by atoms with Crippen molar-refractivity contribution >= 4 is 15.9 Å². The SMILES string of the molecule is CCC(CC)(C(Cc1cccc(Br)c1)NN)N(C)C. The molecule has 1 atom stereocenters. The number of benzene rings is 1. The maximum atomic E-state index is 5.85. The summed E-state index contributed by atoms with van der Waals surface area (Å²) in [5.74, 6) is 5.85. The Morgan fingerprint density at radius 1 is 1.32 bits per heavy atom. The summed E-state index contributed by atoms with van der Waals surface area (Å²) in [6.07, 6.45) is 3.06. The van der Waals surface area contributed by atoms with E-state index in [4.69, 9.17) is 5.84 Å². The minimum atomic E-state index is 0.0804. The van der Waals surface area contributed by atoms with E-state index < -0.39 is 0 Å². The molecule has 0 fully saturated rings. The Morgan fingerprint density at radius 3 is 2.37 bits per heavy atom. The monoisotopic (exact) mass is 327 g/mol. The van der Waals surface area contributed by atoms with Crippen LogP contribution in [-0.4, -0.2) is 30.6 Å². The lowest BCUT2D eigenvalue weighted by molar-refractivity contribution is 0.0882. The van der Waals surface area contributed by atoms with Crippen LogP contribution in [0.5, 0.6) is 0 Å². The maximum absolute atomic E-state index is 5.85. The van der Waals surface area contributed by atoms with Gasteiger partial charge in [0.2, 0.25) is 0 Å². The normalized spacial score (nSPS) is 13.8. The van der Waals surface area contributed by atoms with Gasteiger partial charge in [0.05, 0.1) is 0 Å². The molecule has 0 saturated carbocycles. The van der Waals surface area contributed by atoms with Gasteiger partial charge in [-0.05, 0) is 51.1 Å². The van der Waals surface area contributed by atoms with E-state index in [1.54, 1.807) is 0 Å². The van der Waals surface area contributed by atoms with Crippen LogP contribution in [0.15, 0.2) is 28.7 Å². The molecule has 1 aromatic rings. The summed E-state index contributed by atoms with van der Waals surface area (Å²) in [6.45, 7) is 4.46. The number of nitrogens with zero attached hydrogens (tertiary/aromatic N) is 1. The standard InChI is InChI=1S/C15H26BrN3/c1-5-15(6-2,19(3)4)14(18-17)11-12-8-7-9-13(16)10-12/h7-10,14,18H,5-6,11,17H2,1-4H3. The lowest BCUT2D eigenvalue weighted by Gasteiger charge is -2.45. The van der Waals surface area contributed by atoms with Gasteiger partial charge in [-0.1, -0.05) is 41.9 Å². The molecule has 108 valence electrons. The zero-order chi connectivity index (χ0) is 14.5. The molecular weight excluding hydrogens is 302 g/mol. The highest BCUT2D eigenvalue weighted by Gasteiger charge is 2.37. The fourth-order valence-corrected chi connectivity index (χ4v) is 3.44. The first kappa shape index (κ1) is 16.6. The van der Waals surface area contributed by atoms with Crippen LogP contribution in [-0.2, 0) is 6.42 Å². The predicted molar refractivity (Wildman–Crippen MR) is 86.0 cm³/mol. The van der Waals surface area contributed by atoms with Crippen LogP contribution in [0.3, 0.4) is 0 Å². The second-order valence-corrected chi connectivity index (χ2v) is 6.17. The molecule has 1 unspecified atom stereocenters. The molecule has 0 aliphatic rings. The van der Waals surface area contributed by atoms with E-state index in [-0.39, 0.29) is 11.6 Å². The third kappa shape index (κ3) is 3.78. The van der Waals surface area contributed by atoms with Gasteiger partial charge in [-0.15, -0.1) is 0 Å². The molecule has 0 heterocycles. The van der Waals surface area contributed by atoms with Gasteiger partial charge in [-0.2, -0.15) is 0 Å². The molecule has 3 nitrogen and oxygen atoms in total. The van der Waals surface area contributed by atoms with E-state index in [1.807, 2.05) is 6.07 Å². The van der Waals surface area contributed by atoms with Crippen molar-refractivity contribution in [3.63, 3.8) is 0 Å². The van der Waals surface area contributed by atoms with Gasteiger partial charge in [-0.25, -0.2) is 0 Å². The highest BCUT2D eigenvalue weighted by Crippen LogP contribution is 2.28. The molecule has 0 spiro atoms. The van der Waals surface area contributed by atoms with Gasteiger partial charge in [-0.3, -0.25) is 11.3 Å². The molecule has 0 radical (unpaired) electrons. The largest absolute Gasteiger partial charge is 0.302 e. The molecule has 0 aliphatic heterocycles. The zero-order valence-electron chi connectivity index (χ0n) is 12.4. The summed E-state index contributed by atoms with van der Waals surface area (Å²) >= 11 is 3.53. The number of hydrogen-bond acceptors (Lipinski definition) is 3. The Morgan fingerprint density at radius 2 is 1.95 bits per heavy atom. The first-order valence-corrected chi connectivity index (χ1v) is 7.67. The van der Waals surface area contributed by atoms with Crippen molar-refractivity contribution < 1.29 is 0 Å². The first-order chi connectivity index (χ1) is 9.00. The Bertz CT molecular complexity index is 389. The number of nitrogens with one attached hydrogen (secondary N) is 1. The number of hydrogen-bond donors (Lipinski definition) is 2. The van der Waals surface area contributed by atoms with Crippen molar-refractivity contribution in [2.45, 2.75) is 44.7 Å². The molecular formula is C15H26BrN3. The van der Waals surface area contributed by atoms with Crippen LogP contribution in [0.25, 0.3) is 0 Å². The Hall–Kier alpha value is -0.420. The van der Waals surface area contributed by atoms with Gasteiger partial charge in [0, 0.05) is 16.1 Å². The number of halogens is 1. The Balaban J connectivity index is 2.98. The van der Waals surface area contributed by atoms with E-state index in [1.165, 1.54) is 5.56 Å². The van der Waals surface area contributed by atoms with Crippen molar-refractivity contribution in [3.05, 3.63) is 34.3 Å². The number of nitrogens with two attached hydrogens (primary N) is 1. The number of hydrazine groups is 1. The van der Waals surface area contributed by atoms with Gasteiger partial charge in [0.25, 0.3) is 0 Å².